The number of hydrogen-bond acceptors (Lipinski definition) is 5. The smallest absolute Gasteiger partial charge is 0.270 e. The van der Waals surface area contributed by atoms with Crippen molar-refractivity contribution in [2.45, 2.75) is 19.9 Å². The number of rotatable bonds is 3. The minimum Gasteiger partial charge on any atom is -0.278 e. The Hall–Kier alpha value is -2.48. The fourth-order valence-corrected chi connectivity index (χ4v) is 4.37. The van der Waals surface area contributed by atoms with Crippen LogP contribution in [-0.4, -0.2) is 17.6 Å². The van der Waals surface area contributed by atoms with Crippen LogP contribution in [0.3, 0.4) is 0 Å². The molecule has 2 saturated heterocycles. The van der Waals surface area contributed by atoms with Crippen molar-refractivity contribution < 1.29 is 9.18 Å². The van der Waals surface area contributed by atoms with E-state index in [1.54, 1.807) is 12.1 Å². The molecule has 2 unspecified atom stereocenters. The number of benzene rings is 2. The van der Waals surface area contributed by atoms with Gasteiger partial charge in [-0.1, -0.05) is 24.3 Å². The Balaban J connectivity index is 1.59. The molecule has 0 saturated carbocycles. The van der Waals surface area contributed by atoms with Crippen LogP contribution in [-0.2, 0) is 4.79 Å². The second-order valence-corrected chi connectivity index (χ2v) is 8.10. The number of hydrogen-bond donors (Lipinski definition) is 3. The van der Waals surface area contributed by atoms with Gasteiger partial charge in [0.15, 0.2) is 5.17 Å². The van der Waals surface area contributed by atoms with E-state index in [-0.39, 0.29) is 28.9 Å². The zero-order valence-electron chi connectivity index (χ0n) is 15.6. The SMILES string of the molecule is Cc1ccc(N2C(=N)S/C(=C\C3CNNC3c3ccc(F)cc3)C2=O)cc1C. The molecule has 7 heteroatoms. The molecule has 4 rings (SSSR count). The van der Waals surface area contributed by atoms with Gasteiger partial charge < -0.3 is 0 Å². The van der Waals surface area contributed by atoms with Crippen molar-refractivity contribution in [1.29, 1.82) is 5.41 Å². The molecule has 0 spiro atoms. The van der Waals surface area contributed by atoms with Crippen LogP contribution in [0.4, 0.5) is 10.1 Å². The predicted octanol–water partition coefficient (Wildman–Crippen LogP) is 3.81. The van der Waals surface area contributed by atoms with E-state index in [2.05, 4.69) is 10.9 Å². The molecule has 0 aromatic heterocycles. The number of amides is 1. The largest absolute Gasteiger partial charge is 0.278 e. The molecule has 0 bridgehead atoms. The van der Waals surface area contributed by atoms with Crippen LogP contribution in [0.1, 0.15) is 22.7 Å². The lowest BCUT2D eigenvalue weighted by Gasteiger charge is -2.17. The summed E-state index contributed by atoms with van der Waals surface area (Å²) in [6.45, 7) is 4.67. The molecule has 2 atom stereocenters. The van der Waals surface area contributed by atoms with Gasteiger partial charge in [0, 0.05) is 12.5 Å². The molecule has 2 heterocycles. The Kier molecular flexibility index (Phi) is 5.05. The Morgan fingerprint density at radius 2 is 1.93 bits per heavy atom. The number of carbonyl (C=O) groups excluding carboxylic acids is 1. The summed E-state index contributed by atoms with van der Waals surface area (Å²) in [7, 11) is 0. The Bertz CT molecular complexity index is 973. The van der Waals surface area contributed by atoms with Crippen molar-refractivity contribution in [3.63, 3.8) is 0 Å². The van der Waals surface area contributed by atoms with Gasteiger partial charge >= 0.3 is 0 Å². The summed E-state index contributed by atoms with van der Waals surface area (Å²) in [5.74, 6) is -0.434. The average molecular weight is 396 g/mol. The predicted molar refractivity (Wildman–Crippen MR) is 111 cm³/mol. The average Bonchev–Trinajstić information content (AvgIpc) is 3.23. The minimum atomic E-state index is -0.274. The number of carbonyl (C=O) groups is 1. The van der Waals surface area contributed by atoms with Crippen LogP contribution in [0.2, 0.25) is 0 Å². The number of hydrazine groups is 1. The van der Waals surface area contributed by atoms with E-state index >= 15 is 0 Å². The van der Waals surface area contributed by atoms with E-state index in [4.69, 9.17) is 5.41 Å². The normalized spacial score (nSPS) is 23.8. The Morgan fingerprint density at radius 3 is 2.64 bits per heavy atom. The lowest BCUT2D eigenvalue weighted by molar-refractivity contribution is -0.113. The van der Waals surface area contributed by atoms with Crippen molar-refractivity contribution >= 4 is 28.5 Å². The van der Waals surface area contributed by atoms with Gasteiger partial charge in [-0.25, -0.2) is 9.82 Å². The van der Waals surface area contributed by atoms with Gasteiger partial charge in [-0.05, 0) is 66.6 Å². The highest BCUT2D eigenvalue weighted by atomic mass is 32.2. The van der Waals surface area contributed by atoms with Crippen LogP contribution in [0.15, 0.2) is 53.4 Å². The number of amidine groups is 1. The third-order valence-corrected chi connectivity index (χ3v) is 6.10. The number of thioether (sulfide) groups is 1. The number of halogens is 1. The summed E-state index contributed by atoms with van der Waals surface area (Å²) in [4.78, 5) is 15.0. The van der Waals surface area contributed by atoms with Crippen LogP contribution < -0.4 is 15.8 Å². The molecule has 1 amide bonds. The highest BCUT2D eigenvalue weighted by molar-refractivity contribution is 8.19. The van der Waals surface area contributed by atoms with Crippen molar-refractivity contribution in [1.82, 2.24) is 10.9 Å². The molecule has 5 nitrogen and oxygen atoms in total. The first-order valence-electron chi connectivity index (χ1n) is 9.08. The molecule has 2 fully saturated rings. The van der Waals surface area contributed by atoms with Crippen LogP contribution >= 0.6 is 11.8 Å². The van der Waals surface area contributed by atoms with Gasteiger partial charge in [-0.2, -0.15) is 0 Å². The maximum absolute atomic E-state index is 13.2. The summed E-state index contributed by atoms with van der Waals surface area (Å²) in [5.41, 5.74) is 10.2. The van der Waals surface area contributed by atoms with Gasteiger partial charge in [-0.15, -0.1) is 0 Å². The second kappa shape index (κ2) is 7.50. The van der Waals surface area contributed by atoms with E-state index in [1.807, 2.05) is 38.1 Å². The van der Waals surface area contributed by atoms with E-state index < -0.39 is 0 Å². The first kappa shape index (κ1) is 18.9. The lowest BCUT2D eigenvalue weighted by atomic mass is 9.94. The highest BCUT2D eigenvalue weighted by Crippen LogP contribution is 2.37. The molecule has 2 aromatic carbocycles. The van der Waals surface area contributed by atoms with E-state index in [0.717, 1.165) is 16.7 Å². The number of nitrogens with zero attached hydrogens (tertiary/aromatic N) is 1. The lowest BCUT2D eigenvalue weighted by Crippen LogP contribution is -2.28. The molecule has 0 aliphatic carbocycles. The molecule has 3 N–H and O–H groups in total. The standard InChI is InChI=1S/C21H21FN4OS/c1-12-3-8-17(9-13(12)2)26-20(27)18(28-21(26)23)10-15-11-24-25-19(15)14-4-6-16(22)7-5-14/h3-10,15,19,23-25H,11H2,1-2H3/b18-10-,23-21?. The Morgan fingerprint density at radius 1 is 1.18 bits per heavy atom. The molecule has 2 aliphatic heterocycles. The van der Waals surface area contributed by atoms with Gasteiger partial charge in [0.1, 0.15) is 5.82 Å². The van der Waals surface area contributed by atoms with Gasteiger partial charge in [-0.3, -0.25) is 20.5 Å². The van der Waals surface area contributed by atoms with Gasteiger partial charge in [0.25, 0.3) is 5.91 Å². The Labute approximate surface area is 167 Å². The number of nitrogens with one attached hydrogen (secondary N) is 3. The van der Waals surface area contributed by atoms with Crippen LogP contribution in [0, 0.1) is 31.0 Å². The molecular formula is C21H21FN4OS. The third-order valence-electron chi connectivity index (χ3n) is 5.19. The van der Waals surface area contributed by atoms with E-state index in [9.17, 15) is 9.18 Å². The van der Waals surface area contributed by atoms with Gasteiger partial charge in [0.05, 0.1) is 16.6 Å². The molecule has 2 aliphatic rings. The monoisotopic (exact) mass is 396 g/mol. The highest BCUT2D eigenvalue weighted by Gasteiger charge is 2.36. The molecule has 2 aromatic rings. The number of anilines is 1. The zero-order chi connectivity index (χ0) is 19.8. The van der Waals surface area contributed by atoms with Crippen molar-refractivity contribution in [3.8, 4) is 0 Å². The second-order valence-electron chi connectivity index (χ2n) is 7.07. The fourth-order valence-electron chi connectivity index (χ4n) is 3.46. The van der Waals surface area contributed by atoms with Crippen LogP contribution in [0.5, 0.6) is 0 Å². The summed E-state index contributed by atoms with van der Waals surface area (Å²) in [5, 5.41) is 8.50. The molecule has 0 radical (unpaired) electrons. The van der Waals surface area contributed by atoms with Crippen LogP contribution in [0.25, 0.3) is 0 Å². The quantitative estimate of drug-likeness (QED) is 0.690. The van der Waals surface area contributed by atoms with Crippen molar-refractivity contribution in [2.24, 2.45) is 5.92 Å². The summed E-state index contributed by atoms with van der Waals surface area (Å²) < 4.78 is 13.2. The first-order valence-corrected chi connectivity index (χ1v) is 9.89. The topological polar surface area (TPSA) is 68.2 Å². The first-order chi connectivity index (χ1) is 13.4. The molecule has 144 valence electrons. The number of aryl methyl sites for hydroxylation is 2. The third kappa shape index (κ3) is 3.48. The maximum atomic E-state index is 13.2. The fraction of sp³-hybridized carbons (Fsp3) is 0.238. The summed E-state index contributed by atoms with van der Waals surface area (Å²) >= 11 is 1.18. The maximum Gasteiger partial charge on any atom is 0.270 e. The van der Waals surface area contributed by atoms with Crippen molar-refractivity contribution in [3.05, 3.63) is 76.0 Å². The van der Waals surface area contributed by atoms with E-state index in [1.165, 1.54) is 28.8 Å². The summed E-state index contributed by atoms with van der Waals surface area (Å²) in [6, 6.07) is 12.1. The zero-order valence-corrected chi connectivity index (χ0v) is 16.4. The van der Waals surface area contributed by atoms with Crippen molar-refractivity contribution in [2.75, 3.05) is 11.4 Å². The molecule has 28 heavy (non-hydrogen) atoms. The van der Waals surface area contributed by atoms with E-state index in [0.29, 0.717) is 17.1 Å². The molecular weight excluding hydrogens is 375 g/mol. The summed E-state index contributed by atoms with van der Waals surface area (Å²) in [6.07, 6.45) is 1.92. The minimum absolute atomic E-state index is 0.0180. The van der Waals surface area contributed by atoms with Gasteiger partial charge in [0.2, 0.25) is 0 Å².